The molecular weight excluding hydrogens is 440 g/mol. The number of benzene rings is 2. The zero-order chi connectivity index (χ0) is 21.1. The van der Waals surface area contributed by atoms with Crippen molar-refractivity contribution in [3.63, 3.8) is 0 Å². The Morgan fingerprint density at radius 2 is 1.86 bits per heavy atom. The van der Waals surface area contributed by atoms with Gasteiger partial charge < -0.3 is 9.64 Å². The summed E-state index contributed by atoms with van der Waals surface area (Å²) in [5.74, 6) is -0.861. The average molecular weight is 459 g/mol. The highest BCUT2D eigenvalue weighted by Crippen LogP contribution is 2.43. The van der Waals surface area contributed by atoms with Crippen LogP contribution in [0.25, 0.3) is 10.8 Å². The second kappa shape index (κ2) is 6.66. The second-order valence-electron chi connectivity index (χ2n) is 8.07. The summed E-state index contributed by atoms with van der Waals surface area (Å²) in [6.07, 6.45) is -1.09. The summed E-state index contributed by atoms with van der Waals surface area (Å²) in [6, 6.07) is 7.33. The molecule has 29 heavy (non-hydrogen) atoms. The number of rotatable bonds is 1. The molecular formula is C21H19BrN2O5. The number of halogens is 1. The van der Waals surface area contributed by atoms with E-state index in [1.807, 2.05) is 12.1 Å². The van der Waals surface area contributed by atoms with E-state index < -0.39 is 29.7 Å². The molecule has 0 spiro atoms. The topological polar surface area (TPSA) is 84.0 Å². The third-order valence-corrected chi connectivity index (χ3v) is 5.66. The van der Waals surface area contributed by atoms with E-state index in [0.717, 1.165) is 15.2 Å². The molecule has 1 unspecified atom stereocenters. The first-order valence-corrected chi connectivity index (χ1v) is 10.0. The Morgan fingerprint density at radius 3 is 2.55 bits per heavy atom. The molecule has 1 atom stereocenters. The third-order valence-electron chi connectivity index (χ3n) is 4.97. The third kappa shape index (κ3) is 3.11. The van der Waals surface area contributed by atoms with Crippen molar-refractivity contribution in [1.82, 2.24) is 9.80 Å². The molecule has 1 saturated heterocycles. The second-order valence-corrected chi connectivity index (χ2v) is 8.92. The molecule has 1 heterocycles. The van der Waals surface area contributed by atoms with Crippen LogP contribution >= 0.6 is 15.9 Å². The van der Waals surface area contributed by atoms with Crippen molar-refractivity contribution in [3.8, 4) is 0 Å². The van der Waals surface area contributed by atoms with E-state index in [0.29, 0.717) is 16.0 Å². The molecule has 0 aromatic heterocycles. The lowest BCUT2D eigenvalue weighted by Crippen LogP contribution is -2.57. The van der Waals surface area contributed by atoms with Gasteiger partial charge in [0.1, 0.15) is 11.6 Å². The van der Waals surface area contributed by atoms with E-state index in [4.69, 9.17) is 4.74 Å². The first-order valence-electron chi connectivity index (χ1n) is 9.22. The fourth-order valence-electron chi connectivity index (χ4n) is 3.82. The highest BCUT2D eigenvalue weighted by Gasteiger charge is 2.46. The molecule has 4 amide bonds. The van der Waals surface area contributed by atoms with Gasteiger partial charge in [-0.1, -0.05) is 34.1 Å². The summed E-state index contributed by atoms with van der Waals surface area (Å²) in [6.45, 7) is 5.00. The molecule has 2 aromatic carbocycles. The number of nitrogens with zero attached hydrogens (tertiary/aromatic N) is 2. The zero-order valence-electron chi connectivity index (χ0n) is 16.2. The SMILES string of the molecule is CC(C)(C)OC(=O)N1C(=O)CCN(C2C(=O)c3ccc(Br)c4cccc2c34)C1=O. The van der Waals surface area contributed by atoms with E-state index in [-0.39, 0.29) is 18.7 Å². The molecule has 0 radical (unpaired) electrons. The van der Waals surface area contributed by atoms with Gasteiger partial charge in [0, 0.05) is 23.0 Å². The number of carbonyl (C=O) groups excluding carboxylic acids is 4. The van der Waals surface area contributed by atoms with E-state index in [1.54, 1.807) is 39.0 Å². The van der Waals surface area contributed by atoms with Crippen LogP contribution in [0, 0.1) is 0 Å². The number of amides is 4. The molecule has 4 rings (SSSR count). The summed E-state index contributed by atoms with van der Waals surface area (Å²) in [7, 11) is 0. The van der Waals surface area contributed by atoms with Crippen LogP contribution in [0.4, 0.5) is 9.59 Å². The van der Waals surface area contributed by atoms with Gasteiger partial charge in [-0.05, 0) is 49.2 Å². The smallest absolute Gasteiger partial charge is 0.425 e. The van der Waals surface area contributed by atoms with Crippen LogP contribution in [0.15, 0.2) is 34.8 Å². The number of hydrogen-bond donors (Lipinski definition) is 0. The fourth-order valence-corrected chi connectivity index (χ4v) is 4.28. The summed E-state index contributed by atoms with van der Waals surface area (Å²) in [5.41, 5.74) is 0.352. The van der Waals surface area contributed by atoms with Crippen LogP contribution in [0.5, 0.6) is 0 Å². The molecule has 0 bridgehead atoms. The Hall–Kier alpha value is -2.74. The molecule has 2 aromatic rings. The Kier molecular flexibility index (Phi) is 4.49. The molecule has 1 fully saturated rings. The van der Waals surface area contributed by atoms with Gasteiger partial charge in [-0.15, -0.1) is 0 Å². The van der Waals surface area contributed by atoms with Crippen LogP contribution in [0.1, 0.15) is 49.2 Å². The van der Waals surface area contributed by atoms with Gasteiger partial charge in [0.2, 0.25) is 5.91 Å². The Morgan fingerprint density at radius 1 is 1.14 bits per heavy atom. The number of imide groups is 3. The number of Topliss-reactive ketones (excluding diaryl/α,β-unsaturated/α-hetero) is 1. The van der Waals surface area contributed by atoms with Crippen LogP contribution in [0.3, 0.4) is 0 Å². The predicted molar refractivity (Wildman–Crippen MR) is 109 cm³/mol. The summed E-state index contributed by atoms with van der Waals surface area (Å²) in [4.78, 5) is 52.9. The lowest BCUT2D eigenvalue weighted by atomic mass is 10.0. The first kappa shape index (κ1) is 19.6. The minimum Gasteiger partial charge on any atom is -0.443 e. The summed E-state index contributed by atoms with van der Waals surface area (Å²) in [5, 5.41) is 1.66. The Bertz CT molecular complexity index is 1090. The summed E-state index contributed by atoms with van der Waals surface area (Å²) < 4.78 is 6.07. The molecule has 0 N–H and O–H groups in total. The van der Waals surface area contributed by atoms with Crippen LogP contribution in [-0.2, 0) is 9.53 Å². The maximum Gasteiger partial charge on any atom is 0.425 e. The Balaban J connectivity index is 1.74. The van der Waals surface area contributed by atoms with Crippen molar-refractivity contribution in [1.29, 1.82) is 0 Å². The highest BCUT2D eigenvalue weighted by molar-refractivity contribution is 9.10. The minimum atomic E-state index is -1.03. The van der Waals surface area contributed by atoms with Gasteiger partial charge in [-0.3, -0.25) is 9.59 Å². The van der Waals surface area contributed by atoms with Crippen LogP contribution < -0.4 is 0 Å². The van der Waals surface area contributed by atoms with Crippen LogP contribution in [0.2, 0.25) is 0 Å². The fraction of sp³-hybridized carbons (Fsp3) is 0.333. The largest absolute Gasteiger partial charge is 0.443 e. The molecule has 1 aliphatic carbocycles. The van der Waals surface area contributed by atoms with Gasteiger partial charge in [0.25, 0.3) is 0 Å². The predicted octanol–water partition coefficient (Wildman–Crippen LogP) is 4.43. The van der Waals surface area contributed by atoms with Gasteiger partial charge in [-0.2, -0.15) is 4.90 Å². The van der Waals surface area contributed by atoms with Crippen molar-refractivity contribution in [2.24, 2.45) is 0 Å². The molecule has 7 nitrogen and oxygen atoms in total. The lowest BCUT2D eigenvalue weighted by Gasteiger charge is -2.36. The lowest BCUT2D eigenvalue weighted by molar-refractivity contribution is -0.130. The van der Waals surface area contributed by atoms with E-state index in [1.165, 1.54) is 4.90 Å². The van der Waals surface area contributed by atoms with Crippen molar-refractivity contribution in [2.75, 3.05) is 6.54 Å². The maximum absolute atomic E-state index is 13.2. The molecule has 0 saturated carbocycles. The minimum absolute atomic E-state index is 0.0545. The molecule has 150 valence electrons. The monoisotopic (exact) mass is 458 g/mol. The van der Waals surface area contributed by atoms with Crippen molar-refractivity contribution in [3.05, 3.63) is 45.9 Å². The zero-order valence-corrected chi connectivity index (χ0v) is 17.8. The van der Waals surface area contributed by atoms with Gasteiger partial charge in [-0.25, -0.2) is 9.59 Å². The van der Waals surface area contributed by atoms with Crippen molar-refractivity contribution < 1.29 is 23.9 Å². The van der Waals surface area contributed by atoms with Crippen molar-refractivity contribution >= 4 is 50.5 Å². The van der Waals surface area contributed by atoms with Gasteiger partial charge >= 0.3 is 12.1 Å². The summed E-state index contributed by atoms with van der Waals surface area (Å²) >= 11 is 3.50. The van der Waals surface area contributed by atoms with E-state index in [9.17, 15) is 19.2 Å². The number of ketones is 1. The quantitative estimate of drug-likeness (QED) is 0.630. The number of carbonyl (C=O) groups is 4. The number of hydrogen-bond acceptors (Lipinski definition) is 5. The van der Waals surface area contributed by atoms with Gasteiger partial charge in [0.15, 0.2) is 5.78 Å². The molecule has 1 aliphatic heterocycles. The maximum atomic E-state index is 13.2. The van der Waals surface area contributed by atoms with E-state index in [2.05, 4.69) is 15.9 Å². The normalized spacial score (nSPS) is 19.3. The Labute approximate surface area is 175 Å². The van der Waals surface area contributed by atoms with E-state index >= 15 is 0 Å². The van der Waals surface area contributed by atoms with Crippen LogP contribution in [-0.4, -0.2) is 45.8 Å². The van der Waals surface area contributed by atoms with Crippen molar-refractivity contribution in [2.45, 2.75) is 38.8 Å². The molecule has 2 aliphatic rings. The first-order chi connectivity index (χ1) is 13.6. The standard InChI is InChI=1S/C21H19BrN2O5/c1-21(2,3)29-20(28)24-15(25)9-10-23(19(24)27)17-12-6-4-5-11-14(22)8-7-13(16(11)12)18(17)26/h4-8,17H,9-10H2,1-3H3. The highest BCUT2D eigenvalue weighted by atomic mass is 79.9. The number of ether oxygens (including phenoxy) is 1. The molecule has 8 heteroatoms. The number of urea groups is 1. The average Bonchev–Trinajstić information content (AvgIpc) is 2.90. The van der Waals surface area contributed by atoms with Gasteiger partial charge in [0.05, 0.1) is 0 Å².